The summed E-state index contributed by atoms with van der Waals surface area (Å²) in [5.41, 5.74) is 4.02. The lowest BCUT2D eigenvalue weighted by atomic mass is 10.2. The fourth-order valence-corrected chi connectivity index (χ4v) is 2.91. The van der Waals surface area contributed by atoms with Crippen molar-refractivity contribution in [3.05, 3.63) is 59.7 Å². The molecule has 1 fully saturated rings. The minimum Gasteiger partial charge on any atom is -0.380 e. The second-order valence-electron chi connectivity index (χ2n) is 6.21. The van der Waals surface area contributed by atoms with Crippen LogP contribution in [-0.4, -0.2) is 39.4 Å². The number of anilines is 2. The highest BCUT2D eigenvalue weighted by atomic mass is 16.5. The predicted octanol–water partition coefficient (Wildman–Crippen LogP) is 2.99. The number of carbonyl (C=O) groups excluding carboxylic acids is 1. The Bertz CT molecular complexity index is 712. The molecule has 0 bridgehead atoms. The van der Waals surface area contributed by atoms with Crippen molar-refractivity contribution in [3.63, 3.8) is 0 Å². The van der Waals surface area contributed by atoms with Gasteiger partial charge in [0.05, 0.1) is 19.8 Å². The van der Waals surface area contributed by atoms with Crippen molar-refractivity contribution in [1.82, 2.24) is 5.32 Å². The lowest BCUT2D eigenvalue weighted by Gasteiger charge is -2.28. The minimum absolute atomic E-state index is 0.225. The number of benzene rings is 2. The zero-order valence-corrected chi connectivity index (χ0v) is 15.0. The monoisotopic (exact) mass is 355 g/mol. The summed E-state index contributed by atoms with van der Waals surface area (Å²) >= 11 is 0. The van der Waals surface area contributed by atoms with E-state index in [1.807, 2.05) is 36.4 Å². The predicted molar refractivity (Wildman–Crippen MR) is 102 cm³/mol. The SMILES string of the molecule is COCc1cccc(NC(=O)NCc2ccc(N3CCOCC3)cc2)c1. The molecule has 0 aromatic heterocycles. The first kappa shape index (κ1) is 18.2. The number of hydrogen-bond acceptors (Lipinski definition) is 4. The molecule has 1 aliphatic rings. The number of hydrogen-bond donors (Lipinski definition) is 2. The number of ether oxygens (including phenoxy) is 2. The molecular formula is C20H25N3O3. The highest BCUT2D eigenvalue weighted by molar-refractivity contribution is 5.89. The molecule has 0 spiro atoms. The Labute approximate surface area is 154 Å². The number of amides is 2. The van der Waals surface area contributed by atoms with Gasteiger partial charge >= 0.3 is 6.03 Å². The number of nitrogens with one attached hydrogen (secondary N) is 2. The Hall–Kier alpha value is -2.57. The first-order valence-electron chi connectivity index (χ1n) is 8.79. The van der Waals surface area contributed by atoms with Crippen molar-refractivity contribution < 1.29 is 14.3 Å². The Morgan fingerprint density at radius 3 is 2.62 bits per heavy atom. The number of urea groups is 1. The normalized spacial score (nSPS) is 14.1. The summed E-state index contributed by atoms with van der Waals surface area (Å²) in [6.45, 7) is 4.38. The lowest BCUT2D eigenvalue weighted by molar-refractivity contribution is 0.122. The Morgan fingerprint density at radius 1 is 1.12 bits per heavy atom. The summed E-state index contributed by atoms with van der Waals surface area (Å²) in [6, 6.07) is 15.7. The van der Waals surface area contributed by atoms with E-state index in [0.717, 1.165) is 43.1 Å². The van der Waals surface area contributed by atoms with Gasteiger partial charge in [-0.05, 0) is 35.4 Å². The van der Waals surface area contributed by atoms with Crippen LogP contribution < -0.4 is 15.5 Å². The zero-order chi connectivity index (χ0) is 18.2. The maximum absolute atomic E-state index is 12.1. The van der Waals surface area contributed by atoms with Crippen molar-refractivity contribution >= 4 is 17.4 Å². The molecule has 0 unspecified atom stereocenters. The third-order valence-corrected chi connectivity index (χ3v) is 4.26. The van der Waals surface area contributed by atoms with Gasteiger partial charge in [0.25, 0.3) is 0 Å². The molecule has 2 amide bonds. The van der Waals surface area contributed by atoms with Crippen LogP contribution in [0.5, 0.6) is 0 Å². The van der Waals surface area contributed by atoms with E-state index in [1.54, 1.807) is 7.11 Å². The molecule has 138 valence electrons. The molecule has 0 saturated carbocycles. The second-order valence-corrected chi connectivity index (χ2v) is 6.21. The summed E-state index contributed by atoms with van der Waals surface area (Å²) in [4.78, 5) is 14.4. The van der Waals surface area contributed by atoms with Gasteiger partial charge in [0.15, 0.2) is 0 Å². The van der Waals surface area contributed by atoms with Crippen LogP contribution in [-0.2, 0) is 22.6 Å². The number of morpholine rings is 1. The van der Waals surface area contributed by atoms with Gasteiger partial charge in [-0.3, -0.25) is 0 Å². The summed E-state index contributed by atoms with van der Waals surface area (Å²) in [6.07, 6.45) is 0. The fourth-order valence-electron chi connectivity index (χ4n) is 2.91. The molecule has 0 radical (unpaired) electrons. The van der Waals surface area contributed by atoms with Crippen LogP contribution in [0.1, 0.15) is 11.1 Å². The van der Waals surface area contributed by atoms with Crippen LogP contribution in [0.25, 0.3) is 0 Å². The summed E-state index contributed by atoms with van der Waals surface area (Å²) < 4.78 is 10.5. The van der Waals surface area contributed by atoms with Gasteiger partial charge < -0.3 is 25.0 Å². The van der Waals surface area contributed by atoms with Crippen LogP contribution in [0, 0.1) is 0 Å². The topological polar surface area (TPSA) is 62.8 Å². The molecule has 2 N–H and O–H groups in total. The molecular weight excluding hydrogens is 330 g/mol. The number of rotatable bonds is 6. The molecule has 3 rings (SSSR count). The molecule has 26 heavy (non-hydrogen) atoms. The molecule has 2 aromatic rings. The highest BCUT2D eigenvalue weighted by Crippen LogP contribution is 2.16. The van der Waals surface area contributed by atoms with E-state index in [4.69, 9.17) is 9.47 Å². The standard InChI is InChI=1S/C20H25N3O3/c1-25-15-17-3-2-4-18(13-17)22-20(24)21-14-16-5-7-19(8-6-16)23-9-11-26-12-10-23/h2-8,13H,9-12,14-15H2,1H3,(H2,21,22,24). The highest BCUT2D eigenvalue weighted by Gasteiger charge is 2.10. The average Bonchev–Trinajstić information content (AvgIpc) is 2.68. The maximum Gasteiger partial charge on any atom is 0.319 e. The molecule has 0 aliphatic carbocycles. The lowest BCUT2D eigenvalue weighted by Crippen LogP contribution is -2.36. The van der Waals surface area contributed by atoms with E-state index < -0.39 is 0 Å². The van der Waals surface area contributed by atoms with Gasteiger partial charge in [-0.2, -0.15) is 0 Å². The molecule has 6 nitrogen and oxygen atoms in total. The van der Waals surface area contributed by atoms with Crippen LogP contribution >= 0.6 is 0 Å². The van der Waals surface area contributed by atoms with Gasteiger partial charge in [-0.25, -0.2) is 4.79 Å². The van der Waals surface area contributed by atoms with Gasteiger partial charge in [-0.15, -0.1) is 0 Å². The first-order valence-corrected chi connectivity index (χ1v) is 8.79. The van der Waals surface area contributed by atoms with E-state index >= 15 is 0 Å². The van der Waals surface area contributed by atoms with E-state index in [0.29, 0.717) is 13.2 Å². The van der Waals surface area contributed by atoms with Gasteiger partial charge in [0, 0.05) is 38.1 Å². The van der Waals surface area contributed by atoms with Crippen LogP contribution in [0.2, 0.25) is 0 Å². The molecule has 2 aromatic carbocycles. The third-order valence-electron chi connectivity index (χ3n) is 4.26. The van der Waals surface area contributed by atoms with Crippen molar-refractivity contribution in [3.8, 4) is 0 Å². The first-order chi connectivity index (χ1) is 12.7. The van der Waals surface area contributed by atoms with E-state index in [9.17, 15) is 4.79 Å². The van der Waals surface area contributed by atoms with E-state index in [1.165, 1.54) is 5.69 Å². The Morgan fingerprint density at radius 2 is 1.88 bits per heavy atom. The molecule has 1 aliphatic heterocycles. The Balaban J connectivity index is 1.48. The number of methoxy groups -OCH3 is 1. The van der Waals surface area contributed by atoms with Crippen molar-refractivity contribution in [2.75, 3.05) is 43.6 Å². The minimum atomic E-state index is -0.225. The summed E-state index contributed by atoms with van der Waals surface area (Å²) in [5, 5.41) is 5.73. The molecule has 1 saturated heterocycles. The number of nitrogens with zero attached hydrogens (tertiary/aromatic N) is 1. The van der Waals surface area contributed by atoms with Gasteiger partial charge in [0.1, 0.15) is 0 Å². The third kappa shape index (κ3) is 5.21. The maximum atomic E-state index is 12.1. The molecule has 6 heteroatoms. The zero-order valence-electron chi connectivity index (χ0n) is 15.0. The number of carbonyl (C=O) groups is 1. The summed E-state index contributed by atoms with van der Waals surface area (Å²) in [7, 11) is 1.65. The summed E-state index contributed by atoms with van der Waals surface area (Å²) in [5.74, 6) is 0. The van der Waals surface area contributed by atoms with Crippen LogP contribution in [0.15, 0.2) is 48.5 Å². The molecule has 0 atom stereocenters. The van der Waals surface area contributed by atoms with E-state index in [-0.39, 0.29) is 6.03 Å². The van der Waals surface area contributed by atoms with E-state index in [2.05, 4.69) is 27.7 Å². The second kappa shape index (κ2) is 9.22. The van der Waals surface area contributed by atoms with Crippen molar-refractivity contribution in [1.29, 1.82) is 0 Å². The smallest absolute Gasteiger partial charge is 0.319 e. The average molecular weight is 355 g/mol. The van der Waals surface area contributed by atoms with Crippen molar-refractivity contribution in [2.45, 2.75) is 13.2 Å². The Kier molecular flexibility index (Phi) is 6.46. The van der Waals surface area contributed by atoms with Crippen molar-refractivity contribution in [2.24, 2.45) is 0 Å². The quantitative estimate of drug-likeness (QED) is 0.836. The van der Waals surface area contributed by atoms with Crippen LogP contribution in [0.4, 0.5) is 16.2 Å². The fraction of sp³-hybridized carbons (Fsp3) is 0.350. The molecule has 1 heterocycles. The largest absolute Gasteiger partial charge is 0.380 e. The van der Waals surface area contributed by atoms with Gasteiger partial charge in [0.2, 0.25) is 0 Å². The van der Waals surface area contributed by atoms with Gasteiger partial charge in [-0.1, -0.05) is 24.3 Å². The van der Waals surface area contributed by atoms with Crippen LogP contribution in [0.3, 0.4) is 0 Å².